The summed E-state index contributed by atoms with van der Waals surface area (Å²) >= 11 is 0. The molecule has 1 heterocycles. The number of hydrogen-bond donors (Lipinski definition) is 3. The zero-order chi connectivity index (χ0) is 16.2. The van der Waals surface area contributed by atoms with Gasteiger partial charge in [0.1, 0.15) is 24.4 Å². The zero-order valence-corrected chi connectivity index (χ0v) is 13.7. The van der Waals surface area contributed by atoms with Gasteiger partial charge in [-0.15, -0.1) is 0 Å². The second kappa shape index (κ2) is 12.0. The smallest absolute Gasteiger partial charge is 0.114 e. The molecule has 130 valence electrons. The molecule has 0 amide bonds. The largest absolute Gasteiger partial charge is 0.388 e. The number of unbranched alkanes of at least 4 members (excludes halogenated alkanes) is 5. The van der Waals surface area contributed by atoms with Gasteiger partial charge in [0.2, 0.25) is 0 Å². The van der Waals surface area contributed by atoms with Crippen LogP contribution in [0.1, 0.15) is 51.9 Å². The maximum Gasteiger partial charge on any atom is 0.114 e. The van der Waals surface area contributed by atoms with Crippen molar-refractivity contribution in [1.82, 2.24) is 0 Å². The monoisotopic (exact) mass is 316 g/mol. The van der Waals surface area contributed by atoms with Gasteiger partial charge in [-0.25, -0.2) is 0 Å². The minimum atomic E-state index is -1.04. The van der Waals surface area contributed by atoms with Gasteiger partial charge in [0, 0.05) is 0 Å². The molecule has 0 bridgehead atoms. The minimum absolute atomic E-state index is 0.0594. The maximum absolute atomic E-state index is 9.84. The average Bonchev–Trinajstić information content (AvgIpc) is 2.84. The Labute approximate surface area is 133 Å². The second-order valence-electron chi connectivity index (χ2n) is 5.96. The molecule has 0 radical (unpaired) electrons. The molecule has 1 aliphatic rings. The first-order valence-corrected chi connectivity index (χ1v) is 8.55. The van der Waals surface area contributed by atoms with Crippen LogP contribution in [0.25, 0.3) is 0 Å². The number of aliphatic hydroxyl groups excluding tert-OH is 3. The van der Waals surface area contributed by atoms with Crippen molar-refractivity contribution in [3.63, 3.8) is 0 Å². The summed E-state index contributed by atoms with van der Waals surface area (Å²) in [6, 6.07) is 0. The molecule has 5 nitrogen and oxygen atoms in total. The van der Waals surface area contributed by atoms with Crippen LogP contribution >= 0.6 is 0 Å². The predicted molar refractivity (Wildman–Crippen MR) is 85.7 cm³/mol. The van der Waals surface area contributed by atoms with Crippen LogP contribution in [0.3, 0.4) is 0 Å². The normalized spacial score (nSPS) is 26.8. The lowest BCUT2D eigenvalue weighted by Crippen LogP contribution is -2.40. The molecule has 1 saturated heterocycles. The number of ether oxygens (including phenoxy) is 2. The molecule has 0 saturated carbocycles. The van der Waals surface area contributed by atoms with Crippen LogP contribution in [0.4, 0.5) is 0 Å². The molecule has 0 unspecified atom stereocenters. The van der Waals surface area contributed by atoms with E-state index in [-0.39, 0.29) is 13.2 Å². The fraction of sp³-hybridized carbons (Fsp3) is 0.882. The van der Waals surface area contributed by atoms with E-state index in [9.17, 15) is 15.3 Å². The fourth-order valence-electron chi connectivity index (χ4n) is 2.52. The van der Waals surface area contributed by atoms with Crippen LogP contribution in [0.5, 0.6) is 0 Å². The topological polar surface area (TPSA) is 79.2 Å². The Kier molecular flexibility index (Phi) is 10.7. The molecule has 0 aromatic carbocycles. The van der Waals surface area contributed by atoms with Crippen molar-refractivity contribution in [2.45, 2.75) is 76.3 Å². The Balaban J connectivity index is 1.94. The van der Waals surface area contributed by atoms with E-state index < -0.39 is 24.4 Å². The SMILES string of the molecule is CCCCCCC/C=C/CCOC[C@H](O)[C@@H]1OC[C@@H](O)[C@@H]1O. The van der Waals surface area contributed by atoms with Crippen LogP contribution in [-0.2, 0) is 9.47 Å². The van der Waals surface area contributed by atoms with Gasteiger partial charge in [-0.3, -0.25) is 0 Å². The van der Waals surface area contributed by atoms with Crippen LogP contribution in [0.2, 0.25) is 0 Å². The molecule has 1 rings (SSSR count). The van der Waals surface area contributed by atoms with Crippen molar-refractivity contribution >= 4 is 0 Å². The van der Waals surface area contributed by atoms with Gasteiger partial charge < -0.3 is 24.8 Å². The summed E-state index contributed by atoms with van der Waals surface area (Å²) in [7, 11) is 0. The van der Waals surface area contributed by atoms with E-state index in [1.54, 1.807) is 0 Å². The Morgan fingerprint density at radius 3 is 2.55 bits per heavy atom. The molecule has 0 spiro atoms. The molecule has 22 heavy (non-hydrogen) atoms. The van der Waals surface area contributed by atoms with Crippen LogP contribution in [-0.4, -0.2) is 59.6 Å². The lowest BCUT2D eigenvalue weighted by molar-refractivity contribution is -0.0806. The first-order valence-electron chi connectivity index (χ1n) is 8.55. The van der Waals surface area contributed by atoms with E-state index in [0.29, 0.717) is 6.61 Å². The highest BCUT2D eigenvalue weighted by atomic mass is 16.5. The lowest BCUT2D eigenvalue weighted by atomic mass is 10.1. The van der Waals surface area contributed by atoms with Crippen molar-refractivity contribution < 1.29 is 24.8 Å². The zero-order valence-electron chi connectivity index (χ0n) is 13.7. The molecule has 0 aromatic heterocycles. The van der Waals surface area contributed by atoms with Crippen molar-refractivity contribution in [3.8, 4) is 0 Å². The lowest BCUT2D eigenvalue weighted by Gasteiger charge is -2.20. The molecule has 5 heteroatoms. The van der Waals surface area contributed by atoms with Crippen molar-refractivity contribution in [3.05, 3.63) is 12.2 Å². The van der Waals surface area contributed by atoms with Crippen LogP contribution < -0.4 is 0 Å². The van der Waals surface area contributed by atoms with Gasteiger partial charge in [-0.2, -0.15) is 0 Å². The first-order chi connectivity index (χ1) is 10.7. The second-order valence-corrected chi connectivity index (χ2v) is 5.96. The van der Waals surface area contributed by atoms with Gasteiger partial charge in [-0.05, 0) is 19.3 Å². The third-order valence-electron chi connectivity index (χ3n) is 3.93. The van der Waals surface area contributed by atoms with E-state index in [4.69, 9.17) is 9.47 Å². The standard InChI is InChI=1S/C17H32O5/c1-2-3-4-5-6-7-8-9-10-11-21-12-15(19)17-16(20)14(18)13-22-17/h8-9,14-20H,2-7,10-13H2,1H3/b9-8+/t14-,15+,16+,17+/m1/s1. The Hall–Kier alpha value is -0.460. The van der Waals surface area contributed by atoms with E-state index >= 15 is 0 Å². The van der Waals surface area contributed by atoms with Gasteiger partial charge in [0.25, 0.3) is 0 Å². The summed E-state index contributed by atoms with van der Waals surface area (Å²) in [6.45, 7) is 2.93. The third-order valence-corrected chi connectivity index (χ3v) is 3.93. The summed E-state index contributed by atoms with van der Waals surface area (Å²) in [5, 5.41) is 28.8. The van der Waals surface area contributed by atoms with Gasteiger partial charge >= 0.3 is 0 Å². The fourth-order valence-corrected chi connectivity index (χ4v) is 2.52. The molecular weight excluding hydrogens is 284 g/mol. The van der Waals surface area contributed by atoms with Crippen molar-refractivity contribution in [2.75, 3.05) is 19.8 Å². The predicted octanol–water partition coefficient (Wildman–Crippen LogP) is 1.79. The molecule has 0 aromatic rings. The van der Waals surface area contributed by atoms with Gasteiger partial charge in [0.15, 0.2) is 0 Å². The van der Waals surface area contributed by atoms with Gasteiger partial charge in [0.05, 0.1) is 19.8 Å². The molecule has 1 aliphatic heterocycles. The number of hydrogen-bond acceptors (Lipinski definition) is 5. The Morgan fingerprint density at radius 2 is 1.86 bits per heavy atom. The molecule has 0 aliphatic carbocycles. The molecule has 4 atom stereocenters. The minimum Gasteiger partial charge on any atom is -0.388 e. The molecular formula is C17H32O5. The average molecular weight is 316 g/mol. The number of aliphatic hydroxyl groups is 3. The van der Waals surface area contributed by atoms with Gasteiger partial charge in [-0.1, -0.05) is 44.8 Å². The van der Waals surface area contributed by atoms with Crippen LogP contribution in [0.15, 0.2) is 12.2 Å². The van der Waals surface area contributed by atoms with E-state index in [2.05, 4.69) is 19.1 Å². The maximum atomic E-state index is 9.84. The highest BCUT2D eigenvalue weighted by Crippen LogP contribution is 2.17. The van der Waals surface area contributed by atoms with Crippen molar-refractivity contribution in [2.24, 2.45) is 0 Å². The Bertz CT molecular complexity index is 295. The quantitative estimate of drug-likeness (QED) is 0.378. The van der Waals surface area contributed by atoms with E-state index in [1.807, 2.05) is 0 Å². The van der Waals surface area contributed by atoms with Crippen LogP contribution in [0, 0.1) is 0 Å². The Morgan fingerprint density at radius 1 is 1.14 bits per heavy atom. The van der Waals surface area contributed by atoms with E-state index in [0.717, 1.165) is 12.8 Å². The number of allylic oxidation sites excluding steroid dienone is 1. The highest BCUT2D eigenvalue weighted by molar-refractivity contribution is 4.88. The first kappa shape index (κ1) is 19.6. The summed E-state index contributed by atoms with van der Waals surface area (Å²) in [5.74, 6) is 0. The summed E-state index contributed by atoms with van der Waals surface area (Å²) in [4.78, 5) is 0. The summed E-state index contributed by atoms with van der Waals surface area (Å²) < 4.78 is 10.5. The highest BCUT2D eigenvalue weighted by Gasteiger charge is 2.39. The number of rotatable bonds is 12. The molecule has 3 N–H and O–H groups in total. The summed E-state index contributed by atoms with van der Waals surface area (Å²) in [5.41, 5.74) is 0. The summed E-state index contributed by atoms with van der Waals surface area (Å²) in [6.07, 6.45) is 9.10. The third kappa shape index (κ3) is 7.70. The molecule has 1 fully saturated rings. The van der Waals surface area contributed by atoms with E-state index in [1.165, 1.54) is 32.1 Å². The van der Waals surface area contributed by atoms with Crippen molar-refractivity contribution in [1.29, 1.82) is 0 Å².